The van der Waals surface area contributed by atoms with E-state index >= 15 is 0 Å². The number of nitrogens with two attached hydrogens (primary N) is 1. The van der Waals surface area contributed by atoms with Crippen molar-refractivity contribution < 1.29 is 9.53 Å². The summed E-state index contributed by atoms with van der Waals surface area (Å²) < 4.78 is 4.86. The summed E-state index contributed by atoms with van der Waals surface area (Å²) in [5, 5.41) is 0.948. The number of halogens is 2. The SMILES string of the molecule is CCOC(=O)c1cnc(Cc2ccc(Cl)c(Cl)c2)nc1N. The van der Waals surface area contributed by atoms with E-state index in [4.69, 9.17) is 33.7 Å². The lowest BCUT2D eigenvalue weighted by Crippen LogP contribution is -2.12. The molecule has 0 amide bonds. The van der Waals surface area contributed by atoms with E-state index in [-0.39, 0.29) is 18.0 Å². The van der Waals surface area contributed by atoms with E-state index in [9.17, 15) is 4.79 Å². The fourth-order valence-electron chi connectivity index (χ4n) is 1.72. The first-order chi connectivity index (χ1) is 10.0. The molecule has 1 heterocycles. The molecule has 0 saturated carbocycles. The quantitative estimate of drug-likeness (QED) is 0.873. The van der Waals surface area contributed by atoms with Crippen LogP contribution in [-0.4, -0.2) is 22.5 Å². The molecule has 7 heteroatoms. The summed E-state index contributed by atoms with van der Waals surface area (Å²) >= 11 is 11.8. The topological polar surface area (TPSA) is 78.1 Å². The minimum absolute atomic E-state index is 0.0958. The van der Waals surface area contributed by atoms with Crippen LogP contribution in [0.15, 0.2) is 24.4 Å². The molecule has 0 radical (unpaired) electrons. The Labute approximate surface area is 132 Å². The Bertz CT molecular complexity index is 677. The number of rotatable bonds is 4. The molecule has 2 rings (SSSR count). The zero-order valence-corrected chi connectivity index (χ0v) is 12.8. The number of carbonyl (C=O) groups excluding carboxylic acids is 1. The number of ether oxygens (including phenoxy) is 1. The van der Waals surface area contributed by atoms with Crippen molar-refractivity contribution in [3.63, 3.8) is 0 Å². The van der Waals surface area contributed by atoms with Crippen LogP contribution in [-0.2, 0) is 11.2 Å². The van der Waals surface area contributed by atoms with E-state index in [0.29, 0.717) is 22.3 Å². The van der Waals surface area contributed by atoms with Gasteiger partial charge in [-0.3, -0.25) is 0 Å². The highest BCUT2D eigenvalue weighted by Crippen LogP contribution is 2.23. The van der Waals surface area contributed by atoms with Crippen molar-refractivity contribution in [1.29, 1.82) is 0 Å². The first kappa shape index (κ1) is 15.5. The van der Waals surface area contributed by atoms with E-state index in [1.165, 1.54) is 6.20 Å². The second kappa shape index (κ2) is 6.74. The summed E-state index contributed by atoms with van der Waals surface area (Å²) in [6, 6.07) is 5.27. The molecular weight excluding hydrogens is 313 g/mol. The lowest BCUT2D eigenvalue weighted by atomic mass is 10.1. The number of nitrogens with zero attached hydrogens (tertiary/aromatic N) is 2. The predicted octanol–water partition coefficient (Wildman–Crippen LogP) is 3.13. The second-order valence-corrected chi connectivity index (χ2v) is 5.05. The summed E-state index contributed by atoms with van der Waals surface area (Å²) in [5.74, 6) is 0.0496. The number of benzene rings is 1. The maximum Gasteiger partial charge on any atom is 0.343 e. The van der Waals surface area contributed by atoms with E-state index in [1.54, 1.807) is 19.1 Å². The molecular formula is C14H13Cl2N3O2. The summed E-state index contributed by atoms with van der Waals surface area (Å²) in [6.45, 7) is 1.98. The van der Waals surface area contributed by atoms with Crippen LogP contribution in [0.5, 0.6) is 0 Å². The van der Waals surface area contributed by atoms with E-state index < -0.39 is 5.97 Å². The van der Waals surface area contributed by atoms with Gasteiger partial charge < -0.3 is 10.5 Å². The molecule has 5 nitrogen and oxygen atoms in total. The first-order valence-corrected chi connectivity index (χ1v) is 6.99. The van der Waals surface area contributed by atoms with Gasteiger partial charge in [0.05, 0.1) is 16.7 Å². The Morgan fingerprint density at radius 3 is 2.71 bits per heavy atom. The van der Waals surface area contributed by atoms with Crippen molar-refractivity contribution in [2.45, 2.75) is 13.3 Å². The van der Waals surface area contributed by atoms with Crippen molar-refractivity contribution in [3.8, 4) is 0 Å². The molecule has 2 aromatic rings. The average molecular weight is 326 g/mol. The Kier molecular flexibility index (Phi) is 4.98. The fourth-order valence-corrected chi connectivity index (χ4v) is 2.04. The van der Waals surface area contributed by atoms with Crippen molar-refractivity contribution in [3.05, 3.63) is 51.4 Å². The van der Waals surface area contributed by atoms with Crippen LogP contribution in [0.25, 0.3) is 0 Å². The molecule has 0 saturated heterocycles. The highest BCUT2D eigenvalue weighted by atomic mass is 35.5. The van der Waals surface area contributed by atoms with Crippen LogP contribution < -0.4 is 5.73 Å². The molecule has 21 heavy (non-hydrogen) atoms. The lowest BCUT2D eigenvalue weighted by molar-refractivity contribution is 0.0526. The summed E-state index contributed by atoms with van der Waals surface area (Å²) in [7, 11) is 0. The molecule has 1 aromatic heterocycles. The van der Waals surface area contributed by atoms with Gasteiger partial charge in [-0.25, -0.2) is 14.8 Å². The van der Waals surface area contributed by atoms with Gasteiger partial charge in [-0.1, -0.05) is 29.3 Å². The lowest BCUT2D eigenvalue weighted by Gasteiger charge is -2.07. The number of anilines is 1. The molecule has 0 fully saturated rings. The summed E-state index contributed by atoms with van der Waals surface area (Å²) in [4.78, 5) is 19.8. The van der Waals surface area contributed by atoms with Gasteiger partial charge in [0, 0.05) is 12.6 Å². The molecule has 110 valence electrons. The molecule has 0 aliphatic heterocycles. The van der Waals surface area contributed by atoms with E-state index in [1.807, 2.05) is 6.07 Å². The third kappa shape index (κ3) is 3.83. The number of hydrogen-bond donors (Lipinski definition) is 1. The number of esters is 1. The van der Waals surface area contributed by atoms with Crippen LogP contribution in [0.3, 0.4) is 0 Å². The van der Waals surface area contributed by atoms with Crippen LogP contribution >= 0.6 is 23.2 Å². The smallest absolute Gasteiger partial charge is 0.343 e. The predicted molar refractivity (Wildman–Crippen MR) is 81.7 cm³/mol. The highest BCUT2D eigenvalue weighted by molar-refractivity contribution is 6.42. The van der Waals surface area contributed by atoms with E-state index in [2.05, 4.69) is 9.97 Å². The van der Waals surface area contributed by atoms with Gasteiger partial charge in [-0.2, -0.15) is 0 Å². The van der Waals surface area contributed by atoms with Gasteiger partial charge in [-0.05, 0) is 24.6 Å². The average Bonchev–Trinajstić information content (AvgIpc) is 2.43. The molecule has 0 unspecified atom stereocenters. The van der Waals surface area contributed by atoms with Crippen molar-refractivity contribution >= 4 is 35.0 Å². The molecule has 0 spiro atoms. The Balaban J connectivity index is 2.20. The minimum atomic E-state index is -0.531. The van der Waals surface area contributed by atoms with Gasteiger partial charge >= 0.3 is 5.97 Å². The van der Waals surface area contributed by atoms with Crippen molar-refractivity contribution in [2.24, 2.45) is 0 Å². The third-order valence-corrected chi connectivity index (χ3v) is 3.45. The van der Waals surface area contributed by atoms with Gasteiger partial charge in [0.2, 0.25) is 0 Å². The zero-order chi connectivity index (χ0) is 15.4. The number of carbonyl (C=O) groups is 1. The fraction of sp³-hybridized carbons (Fsp3) is 0.214. The molecule has 0 bridgehead atoms. The molecule has 1 aromatic carbocycles. The number of aromatic nitrogens is 2. The van der Waals surface area contributed by atoms with Crippen LogP contribution in [0.2, 0.25) is 10.0 Å². The number of hydrogen-bond acceptors (Lipinski definition) is 5. The first-order valence-electron chi connectivity index (χ1n) is 6.23. The Hall–Kier alpha value is -1.85. The van der Waals surface area contributed by atoms with Gasteiger partial charge in [0.15, 0.2) is 0 Å². The minimum Gasteiger partial charge on any atom is -0.462 e. The summed E-state index contributed by atoms with van der Waals surface area (Å²) in [6.07, 6.45) is 1.80. The monoisotopic (exact) mass is 325 g/mol. The summed E-state index contributed by atoms with van der Waals surface area (Å²) in [5.41, 5.74) is 6.82. The van der Waals surface area contributed by atoms with Crippen LogP contribution in [0.1, 0.15) is 28.7 Å². The molecule has 0 aliphatic carbocycles. The molecule has 0 atom stereocenters. The van der Waals surface area contributed by atoms with Crippen LogP contribution in [0, 0.1) is 0 Å². The van der Waals surface area contributed by atoms with Crippen molar-refractivity contribution in [2.75, 3.05) is 12.3 Å². The Morgan fingerprint density at radius 2 is 2.10 bits per heavy atom. The third-order valence-electron chi connectivity index (χ3n) is 2.71. The standard InChI is InChI=1S/C14H13Cl2N3O2/c1-2-21-14(20)9-7-18-12(19-13(9)17)6-8-3-4-10(15)11(16)5-8/h3-5,7H,2,6H2,1H3,(H2,17,18,19). The largest absolute Gasteiger partial charge is 0.462 e. The van der Waals surface area contributed by atoms with Gasteiger partial charge in [0.1, 0.15) is 17.2 Å². The van der Waals surface area contributed by atoms with Gasteiger partial charge in [-0.15, -0.1) is 0 Å². The van der Waals surface area contributed by atoms with E-state index in [0.717, 1.165) is 5.56 Å². The second-order valence-electron chi connectivity index (χ2n) is 4.23. The molecule has 0 aliphatic rings. The normalized spacial score (nSPS) is 10.4. The Morgan fingerprint density at radius 1 is 1.33 bits per heavy atom. The molecule has 2 N–H and O–H groups in total. The number of nitrogen functional groups attached to an aromatic ring is 1. The maximum atomic E-state index is 11.6. The van der Waals surface area contributed by atoms with Crippen molar-refractivity contribution in [1.82, 2.24) is 9.97 Å². The van der Waals surface area contributed by atoms with Crippen LogP contribution in [0.4, 0.5) is 5.82 Å². The zero-order valence-electron chi connectivity index (χ0n) is 11.3. The van der Waals surface area contributed by atoms with Gasteiger partial charge in [0.25, 0.3) is 0 Å². The highest BCUT2D eigenvalue weighted by Gasteiger charge is 2.13. The maximum absolute atomic E-state index is 11.6.